The first-order valence-corrected chi connectivity index (χ1v) is 24.4. The molecule has 1 aliphatic rings. The van der Waals surface area contributed by atoms with E-state index in [4.69, 9.17) is 11.5 Å². The number of carboxylic acid groups (broad SMARTS) is 1. The molecule has 26 nitrogen and oxygen atoms in total. The van der Waals surface area contributed by atoms with Crippen molar-refractivity contribution in [2.75, 3.05) is 19.7 Å². The van der Waals surface area contributed by atoms with Crippen LogP contribution < -0.4 is 48.7 Å². The topological polar surface area (TPSA) is 420 Å². The number of nitrogens with one attached hydrogen (secondary N) is 8. The van der Waals surface area contributed by atoms with E-state index in [9.17, 15) is 68.4 Å². The normalized spacial score (nSPS) is 16.7. The minimum Gasteiger partial charge on any atom is -0.508 e. The molecule has 0 bridgehead atoms. The van der Waals surface area contributed by atoms with Gasteiger partial charge in [-0.15, -0.1) is 0 Å². The van der Waals surface area contributed by atoms with Gasteiger partial charge < -0.3 is 79.0 Å². The average molecular weight is 1050 g/mol. The number of aromatic nitrogens is 2. The first-order valence-electron chi connectivity index (χ1n) is 24.4. The standard InChI is InChI=1S/C49H68N12O14/c1-4-26(2)40(48(73)61-18-8-11-37(61)47(72)58-34(20-29-12-14-31(64)15-13-29)44(69)60-41(27(3)63)49(74)75)59-45(70)35(21-30-22-52-25-54-30)57-46(71)36(24-62)55-39(66)23-53-43(68)33(16-17-38(51)65)56-42(67)32(50)19-28-9-6-5-7-10-28/h5-7,9-10,12-15,22,25-27,32-37,40-41,62-64H,4,8,11,16-21,23-24,50H2,1-3H3,(H2,51,65)(H,52,54)(H,53,68)(H,55,66)(H,56,67)(H,57,71)(H,58,72)(H,59,70)(H,60,69)(H,74,75)/t26-,27+,32-,33-,34-,35-,36-,37-,40-,41-/m0/s1. The highest BCUT2D eigenvalue weighted by Crippen LogP contribution is 2.23. The van der Waals surface area contributed by atoms with Crippen LogP contribution in [0, 0.1) is 5.92 Å². The van der Waals surface area contributed by atoms with Crippen LogP contribution in [0.4, 0.5) is 0 Å². The number of carboxylic acids is 1. The molecule has 2 heterocycles. The zero-order valence-electron chi connectivity index (χ0n) is 41.8. The third-order valence-corrected chi connectivity index (χ3v) is 12.5. The first kappa shape index (κ1) is 59.6. The Labute approximate surface area is 431 Å². The number of nitrogens with zero attached hydrogens (tertiary/aromatic N) is 2. The molecule has 9 amide bonds. The molecule has 0 aliphatic carbocycles. The van der Waals surface area contributed by atoms with Gasteiger partial charge in [0.05, 0.1) is 31.6 Å². The second-order valence-corrected chi connectivity index (χ2v) is 18.3. The predicted octanol–water partition coefficient (Wildman–Crippen LogP) is -3.74. The molecule has 4 rings (SSSR count). The molecular formula is C49H68N12O14. The molecule has 1 fully saturated rings. The molecule has 0 unspecified atom stereocenters. The van der Waals surface area contributed by atoms with Crippen LogP contribution in [0.1, 0.15) is 69.7 Å². The molecule has 408 valence electrons. The van der Waals surface area contributed by atoms with Gasteiger partial charge in [-0.1, -0.05) is 62.7 Å². The number of aromatic amines is 1. The van der Waals surface area contributed by atoms with Crippen molar-refractivity contribution in [3.05, 3.63) is 83.9 Å². The fourth-order valence-corrected chi connectivity index (χ4v) is 8.03. The number of aliphatic carboxylic acids is 1. The number of phenols is 1. The van der Waals surface area contributed by atoms with Crippen LogP contribution in [-0.4, -0.2) is 169 Å². The van der Waals surface area contributed by atoms with Gasteiger partial charge in [0.2, 0.25) is 53.2 Å². The summed E-state index contributed by atoms with van der Waals surface area (Å²) < 4.78 is 0. The van der Waals surface area contributed by atoms with Crippen molar-refractivity contribution in [2.24, 2.45) is 17.4 Å². The van der Waals surface area contributed by atoms with Crippen molar-refractivity contribution in [3.8, 4) is 5.75 Å². The molecule has 10 atom stereocenters. The molecule has 1 aliphatic heterocycles. The summed E-state index contributed by atoms with van der Waals surface area (Å²) in [7, 11) is 0. The summed E-state index contributed by atoms with van der Waals surface area (Å²) in [5, 5.41) is 56.8. The van der Waals surface area contributed by atoms with Crippen molar-refractivity contribution in [2.45, 2.75) is 127 Å². The zero-order valence-corrected chi connectivity index (χ0v) is 41.8. The Hall–Kier alpha value is -7.97. The number of aliphatic hydroxyl groups excluding tert-OH is 2. The number of hydrogen-bond donors (Lipinski definition) is 14. The number of phenolic OH excluding ortho intramolecular Hbond substituents is 1. The number of aliphatic hydroxyl groups is 2. The third-order valence-electron chi connectivity index (χ3n) is 12.5. The van der Waals surface area contributed by atoms with Gasteiger partial charge in [0.15, 0.2) is 6.04 Å². The van der Waals surface area contributed by atoms with Crippen molar-refractivity contribution in [1.82, 2.24) is 52.1 Å². The average Bonchev–Trinajstić information content (AvgIpc) is 4.10. The van der Waals surface area contributed by atoms with Crippen molar-refractivity contribution in [3.63, 3.8) is 0 Å². The van der Waals surface area contributed by atoms with E-state index in [0.29, 0.717) is 24.1 Å². The number of aromatic hydroxyl groups is 1. The summed E-state index contributed by atoms with van der Waals surface area (Å²) in [4.78, 5) is 141. The maximum Gasteiger partial charge on any atom is 0.328 e. The van der Waals surface area contributed by atoms with Gasteiger partial charge in [-0.3, -0.25) is 43.2 Å². The van der Waals surface area contributed by atoms with Gasteiger partial charge >= 0.3 is 5.97 Å². The molecule has 26 heteroatoms. The SMILES string of the molecule is CC[C@H](C)[C@H](NC(=O)[C@H](Cc1cnc[nH]1)NC(=O)[C@H](CO)NC(=O)CNC(=O)[C@H](CCC(N)=O)NC(=O)[C@@H](N)Cc1ccccc1)C(=O)N1CCC[C@H]1C(=O)N[C@@H](Cc1ccc(O)cc1)C(=O)N[C@H](C(=O)O)[C@@H](C)O. The van der Waals surface area contributed by atoms with Crippen LogP contribution in [0.25, 0.3) is 0 Å². The summed E-state index contributed by atoms with van der Waals surface area (Å²) in [5.74, 6) is -9.83. The summed E-state index contributed by atoms with van der Waals surface area (Å²) in [6.07, 6.45) is 1.20. The van der Waals surface area contributed by atoms with Gasteiger partial charge in [0.25, 0.3) is 0 Å². The largest absolute Gasteiger partial charge is 0.508 e. The van der Waals surface area contributed by atoms with Crippen LogP contribution in [0.5, 0.6) is 5.75 Å². The molecule has 16 N–H and O–H groups in total. The molecule has 1 aromatic heterocycles. The van der Waals surface area contributed by atoms with E-state index in [1.54, 1.807) is 44.2 Å². The quantitative estimate of drug-likeness (QED) is 0.0318. The lowest BCUT2D eigenvalue weighted by Crippen LogP contribution is -2.61. The number of benzene rings is 2. The van der Waals surface area contributed by atoms with Gasteiger partial charge in [-0.2, -0.15) is 0 Å². The Bertz CT molecular complexity index is 2440. The Balaban J connectivity index is 1.46. The highest BCUT2D eigenvalue weighted by molar-refractivity contribution is 5.98. The fraction of sp³-hybridized carbons (Fsp3) is 0.490. The number of primary amides is 1. The summed E-state index contributed by atoms with van der Waals surface area (Å²) >= 11 is 0. The van der Waals surface area contributed by atoms with E-state index >= 15 is 0 Å². The van der Waals surface area contributed by atoms with Crippen molar-refractivity contribution >= 4 is 59.1 Å². The van der Waals surface area contributed by atoms with E-state index in [1.807, 2.05) is 0 Å². The molecule has 1 saturated heterocycles. The number of amides is 9. The van der Waals surface area contributed by atoms with E-state index in [0.717, 1.165) is 5.56 Å². The van der Waals surface area contributed by atoms with Crippen LogP contribution >= 0.6 is 0 Å². The Morgan fingerprint density at radius 1 is 0.760 bits per heavy atom. The second-order valence-electron chi connectivity index (χ2n) is 18.3. The molecule has 0 radical (unpaired) electrons. The second kappa shape index (κ2) is 29.1. The third kappa shape index (κ3) is 18.5. The number of carbonyl (C=O) groups excluding carboxylic acids is 9. The highest BCUT2D eigenvalue weighted by atomic mass is 16.4. The number of H-pyrrole nitrogens is 1. The van der Waals surface area contributed by atoms with Gasteiger partial charge in [0.1, 0.15) is 42.0 Å². The highest BCUT2D eigenvalue weighted by Gasteiger charge is 2.42. The Morgan fingerprint density at radius 2 is 1.37 bits per heavy atom. The van der Waals surface area contributed by atoms with E-state index in [-0.39, 0.29) is 50.8 Å². The summed E-state index contributed by atoms with van der Waals surface area (Å²) in [6, 6.07) is 3.35. The first-order chi connectivity index (χ1) is 35.6. The van der Waals surface area contributed by atoms with Crippen molar-refractivity contribution < 1.29 is 68.4 Å². The van der Waals surface area contributed by atoms with E-state index < -0.39 is 133 Å². The number of carbonyl (C=O) groups is 10. The number of likely N-dealkylation sites (tertiary alicyclic amines) is 1. The Kier molecular flexibility index (Phi) is 23.1. The zero-order chi connectivity index (χ0) is 55.4. The molecule has 2 aromatic carbocycles. The monoisotopic (exact) mass is 1050 g/mol. The summed E-state index contributed by atoms with van der Waals surface area (Å²) in [5.41, 5.74) is 12.9. The molecular weight excluding hydrogens is 981 g/mol. The lowest BCUT2D eigenvalue weighted by atomic mass is 9.96. The summed E-state index contributed by atoms with van der Waals surface area (Å²) in [6.45, 7) is 2.92. The predicted molar refractivity (Wildman–Crippen MR) is 266 cm³/mol. The number of imidazole rings is 1. The molecule has 3 aromatic rings. The minimum absolute atomic E-state index is 0.0654. The maximum absolute atomic E-state index is 14.5. The van der Waals surface area contributed by atoms with Crippen LogP contribution in [0.3, 0.4) is 0 Å². The van der Waals surface area contributed by atoms with Crippen LogP contribution in [0.2, 0.25) is 0 Å². The van der Waals surface area contributed by atoms with Gasteiger partial charge in [-0.25, -0.2) is 9.78 Å². The Morgan fingerprint density at radius 3 is 1.96 bits per heavy atom. The minimum atomic E-state index is -1.73. The molecule has 75 heavy (non-hydrogen) atoms. The van der Waals surface area contributed by atoms with Crippen molar-refractivity contribution in [1.29, 1.82) is 0 Å². The van der Waals surface area contributed by atoms with Gasteiger partial charge in [-0.05, 0) is 61.8 Å². The molecule has 0 saturated carbocycles. The number of rotatable bonds is 29. The fourth-order valence-electron chi connectivity index (χ4n) is 8.03. The van der Waals surface area contributed by atoms with E-state index in [1.165, 1.54) is 48.6 Å². The maximum atomic E-state index is 14.5. The lowest BCUT2D eigenvalue weighted by molar-refractivity contribution is -0.146. The van der Waals surface area contributed by atoms with Gasteiger partial charge in [0, 0.05) is 37.7 Å². The number of hydrogen-bond acceptors (Lipinski definition) is 15. The lowest BCUT2D eigenvalue weighted by Gasteiger charge is -2.33. The van der Waals surface area contributed by atoms with Crippen LogP contribution in [-0.2, 0) is 67.2 Å². The smallest absolute Gasteiger partial charge is 0.328 e. The van der Waals surface area contributed by atoms with E-state index in [2.05, 4.69) is 47.2 Å². The van der Waals surface area contributed by atoms with Crippen LogP contribution in [0.15, 0.2) is 67.1 Å². The molecule has 0 spiro atoms. The number of nitrogens with two attached hydrogens (primary N) is 2.